The number of rotatable bonds is 2. The second kappa shape index (κ2) is 4.70. The zero-order valence-electron chi connectivity index (χ0n) is 9.96. The number of amides is 1. The highest BCUT2D eigenvalue weighted by Crippen LogP contribution is 2.23. The van der Waals surface area contributed by atoms with Crippen LogP contribution in [-0.2, 0) is 0 Å². The lowest BCUT2D eigenvalue weighted by molar-refractivity contribution is 0.102. The molecule has 19 heavy (non-hydrogen) atoms. The van der Waals surface area contributed by atoms with E-state index in [9.17, 15) is 4.79 Å². The van der Waals surface area contributed by atoms with Gasteiger partial charge in [0.2, 0.25) is 0 Å². The summed E-state index contributed by atoms with van der Waals surface area (Å²) in [5.74, 6) is -0.238. The van der Waals surface area contributed by atoms with E-state index in [1.54, 1.807) is 17.6 Å². The smallest absolute Gasteiger partial charge is 0.259 e. The van der Waals surface area contributed by atoms with Gasteiger partial charge in [0.25, 0.3) is 5.91 Å². The minimum absolute atomic E-state index is 0.238. The quantitative estimate of drug-likeness (QED) is 0.702. The van der Waals surface area contributed by atoms with Gasteiger partial charge in [0.15, 0.2) is 5.13 Å². The first-order valence-electron chi connectivity index (χ1n) is 5.73. The molecule has 0 saturated heterocycles. The molecule has 1 aromatic heterocycles. The summed E-state index contributed by atoms with van der Waals surface area (Å²) in [6.45, 7) is 0. The molecule has 0 atom stereocenters. The Kier molecular flexibility index (Phi) is 2.89. The molecule has 0 bridgehead atoms. The van der Waals surface area contributed by atoms with Crippen LogP contribution < -0.4 is 11.1 Å². The van der Waals surface area contributed by atoms with Crippen molar-refractivity contribution in [3.05, 3.63) is 53.5 Å². The lowest BCUT2D eigenvalue weighted by Crippen LogP contribution is -2.13. The van der Waals surface area contributed by atoms with Gasteiger partial charge in [0.05, 0.1) is 5.56 Å². The van der Waals surface area contributed by atoms with E-state index >= 15 is 0 Å². The second-order valence-corrected chi connectivity index (χ2v) is 4.97. The molecular formula is C14H11N3OS. The van der Waals surface area contributed by atoms with E-state index < -0.39 is 0 Å². The molecule has 4 nitrogen and oxygen atoms in total. The number of fused-ring (bicyclic) bond motifs is 1. The molecule has 1 heterocycles. The third-order valence-corrected chi connectivity index (χ3v) is 3.50. The van der Waals surface area contributed by atoms with Crippen molar-refractivity contribution >= 4 is 38.8 Å². The Morgan fingerprint density at radius 2 is 1.95 bits per heavy atom. The van der Waals surface area contributed by atoms with Crippen LogP contribution in [-0.4, -0.2) is 10.9 Å². The van der Waals surface area contributed by atoms with Gasteiger partial charge < -0.3 is 5.73 Å². The summed E-state index contributed by atoms with van der Waals surface area (Å²) in [5, 5.41) is 7.11. The average molecular weight is 269 g/mol. The summed E-state index contributed by atoms with van der Waals surface area (Å²) in [6, 6.07) is 11.4. The van der Waals surface area contributed by atoms with Crippen LogP contribution in [0.3, 0.4) is 0 Å². The molecule has 0 aliphatic carbocycles. The number of nitrogen functional groups attached to an aromatic ring is 1. The lowest BCUT2D eigenvalue weighted by Gasteiger charge is -2.07. The van der Waals surface area contributed by atoms with Crippen LogP contribution >= 0.6 is 11.3 Å². The van der Waals surface area contributed by atoms with Crippen LogP contribution in [0, 0.1) is 0 Å². The molecular weight excluding hydrogens is 258 g/mol. The predicted molar refractivity (Wildman–Crippen MR) is 78.4 cm³/mol. The van der Waals surface area contributed by atoms with E-state index in [0.29, 0.717) is 16.4 Å². The van der Waals surface area contributed by atoms with Gasteiger partial charge in [-0.2, -0.15) is 0 Å². The number of thiazole rings is 1. The van der Waals surface area contributed by atoms with Crippen LogP contribution in [0.1, 0.15) is 10.4 Å². The number of nitrogens with zero attached hydrogens (tertiary/aromatic N) is 1. The third kappa shape index (κ3) is 2.28. The van der Waals surface area contributed by atoms with Gasteiger partial charge in [-0.05, 0) is 22.9 Å². The summed E-state index contributed by atoms with van der Waals surface area (Å²) >= 11 is 1.37. The Hall–Kier alpha value is -2.40. The number of aromatic nitrogens is 1. The fourth-order valence-electron chi connectivity index (χ4n) is 1.90. The summed E-state index contributed by atoms with van der Waals surface area (Å²) in [4.78, 5) is 16.2. The van der Waals surface area contributed by atoms with Crippen LogP contribution in [0.15, 0.2) is 48.0 Å². The molecule has 3 N–H and O–H groups in total. The van der Waals surface area contributed by atoms with Gasteiger partial charge >= 0.3 is 0 Å². The highest BCUT2D eigenvalue weighted by Gasteiger charge is 2.12. The first kappa shape index (κ1) is 11.7. The van der Waals surface area contributed by atoms with E-state index in [4.69, 9.17) is 5.73 Å². The predicted octanol–water partition coefficient (Wildman–Crippen LogP) is 3.13. The number of nitrogens with one attached hydrogen (secondary N) is 1. The zero-order valence-corrected chi connectivity index (χ0v) is 10.8. The lowest BCUT2D eigenvalue weighted by atomic mass is 10.0. The van der Waals surface area contributed by atoms with Crippen molar-refractivity contribution < 1.29 is 4.79 Å². The van der Waals surface area contributed by atoms with E-state index in [1.807, 2.05) is 30.3 Å². The number of carbonyl (C=O) groups is 1. The van der Waals surface area contributed by atoms with Crippen molar-refractivity contribution in [3.63, 3.8) is 0 Å². The fourth-order valence-corrected chi connectivity index (χ4v) is 2.43. The maximum absolute atomic E-state index is 12.2. The molecule has 0 fully saturated rings. The number of benzene rings is 2. The zero-order chi connectivity index (χ0) is 13.2. The standard InChI is InChI=1S/C14H11N3OS/c15-12-8-10-4-2-1-3-9(10)7-11(12)13(18)17-14-16-5-6-19-14/h1-8H,15H2,(H,16,17,18). The highest BCUT2D eigenvalue weighted by molar-refractivity contribution is 7.13. The topological polar surface area (TPSA) is 68.0 Å². The molecule has 3 aromatic rings. The normalized spacial score (nSPS) is 10.5. The van der Waals surface area contributed by atoms with Crippen molar-refractivity contribution in [1.82, 2.24) is 4.98 Å². The Balaban J connectivity index is 1.99. The summed E-state index contributed by atoms with van der Waals surface area (Å²) in [7, 11) is 0. The van der Waals surface area contributed by atoms with Gasteiger partial charge in [-0.1, -0.05) is 24.3 Å². The molecule has 94 valence electrons. The number of nitrogens with two attached hydrogens (primary N) is 1. The molecule has 0 aliphatic heterocycles. The van der Waals surface area contributed by atoms with E-state index in [1.165, 1.54) is 11.3 Å². The van der Waals surface area contributed by atoms with E-state index in [2.05, 4.69) is 10.3 Å². The first-order chi connectivity index (χ1) is 9.24. The van der Waals surface area contributed by atoms with Crippen LogP contribution in [0.4, 0.5) is 10.8 Å². The third-order valence-electron chi connectivity index (χ3n) is 2.82. The molecule has 0 unspecified atom stereocenters. The maximum Gasteiger partial charge on any atom is 0.259 e. The van der Waals surface area contributed by atoms with Gasteiger partial charge in [0.1, 0.15) is 0 Å². The Morgan fingerprint density at radius 1 is 1.21 bits per heavy atom. The maximum atomic E-state index is 12.2. The molecule has 0 radical (unpaired) electrons. The van der Waals surface area contributed by atoms with E-state index in [0.717, 1.165) is 10.8 Å². The monoisotopic (exact) mass is 269 g/mol. The van der Waals surface area contributed by atoms with Crippen molar-refractivity contribution in [2.24, 2.45) is 0 Å². The fraction of sp³-hybridized carbons (Fsp3) is 0. The van der Waals surface area contributed by atoms with Crippen LogP contribution in [0.25, 0.3) is 10.8 Å². The average Bonchev–Trinajstić information content (AvgIpc) is 2.90. The van der Waals surface area contributed by atoms with Crippen molar-refractivity contribution in [3.8, 4) is 0 Å². The highest BCUT2D eigenvalue weighted by atomic mass is 32.1. The van der Waals surface area contributed by atoms with Crippen LogP contribution in [0.5, 0.6) is 0 Å². The number of carbonyl (C=O) groups excluding carboxylic acids is 1. The van der Waals surface area contributed by atoms with Gasteiger partial charge in [-0.25, -0.2) is 4.98 Å². The summed E-state index contributed by atoms with van der Waals surface area (Å²) < 4.78 is 0. The Bertz CT molecular complexity index is 738. The van der Waals surface area contributed by atoms with E-state index in [-0.39, 0.29) is 5.91 Å². The molecule has 5 heteroatoms. The molecule has 0 saturated carbocycles. The van der Waals surface area contributed by atoms with Gasteiger partial charge in [0, 0.05) is 17.3 Å². The van der Waals surface area contributed by atoms with Crippen molar-refractivity contribution in [2.45, 2.75) is 0 Å². The summed E-state index contributed by atoms with van der Waals surface area (Å²) in [6.07, 6.45) is 1.64. The Morgan fingerprint density at radius 3 is 2.63 bits per heavy atom. The minimum Gasteiger partial charge on any atom is -0.398 e. The molecule has 1 amide bonds. The minimum atomic E-state index is -0.238. The molecule has 0 spiro atoms. The van der Waals surface area contributed by atoms with Crippen LogP contribution in [0.2, 0.25) is 0 Å². The van der Waals surface area contributed by atoms with Crippen molar-refractivity contribution in [1.29, 1.82) is 0 Å². The van der Waals surface area contributed by atoms with Gasteiger partial charge in [-0.15, -0.1) is 11.3 Å². The van der Waals surface area contributed by atoms with Crippen molar-refractivity contribution in [2.75, 3.05) is 11.1 Å². The molecule has 2 aromatic carbocycles. The summed E-state index contributed by atoms with van der Waals surface area (Å²) in [5.41, 5.74) is 6.87. The number of anilines is 2. The second-order valence-electron chi connectivity index (χ2n) is 4.08. The first-order valence-corrected chi connectivity index (χ1v) is 6.61. The number of hydrogen-bond acceptors (Lipinski definition) is 4. The molecule has 3 rings (SSSR count). The molecule has 0 aliphatic rings. The largest absolute Gasteiger partial charge is 0.398 e. The van der Waals surface area contributed by atoms with Gasteiger partial charge in [-0.3, -0.25) is 10.1 Å². The SMILES string of the molecule is Nc1cc2ccccc2cc1C(=O)Nc1nccs1. The number of hydrogen-bond donors (Lipinski definition) is 2. The Labute approximate surface area is 113 Å².